The Bertz CT molecular complexity index is 721. The highest BCUT2D eigenvalue weighted by molar-refractivity contribution is 6.30. The number of hydrogen-bond acceptors (Lipinski definition) is 3. The molecule has 1 amide bonds. The largest absolute Gasteiger partial charge is 0.493 e. The van der Waals surface area contributed by atoms with E-state index in [0.29, 0.717) is 28.9 Å². The van der Waals surface area contributed by atoms with E-state index in [1.807, 2.05) is 29.7 Å². The highest BCUT2D eigenvalue weighted by Crippen LogP contribution is 2.30. The van der Waals surface area contributed by atoms with Gasteiger partial charge in [-0.25, -0.2) is 0 Å². The Morgan fingerprint density at radius 1 is 1.38 bits per heavy atom. The van der Waals surface area contributed by atoms with Gasteiger partial charge in [0.2, 0.25) is 0 Å². The smallest absolute Gasteiger partial charge is 0.257 e. The van der Waals surface area contributed by atoms with Gasteiger partial charge in [-0.05, 0) is 49.4 Å². The van der Waals surface area contributed by atoms with Crippen molar-refractivity contribution < 1.29 is 9.53 Å². The number of halogens is 1. The number of carbonyl (C=O) groups is 1. The number of likely N-dealkylation sites (tertiary alicyclic amines) is 1. The number of carbonyl (C=O) groups excluding carboxylic acids is 1. The van der Waals surface area contributed by atoms with Crippen LogP contribution in [0.25, 0.3) is 0 Å². The van der Waals surface area contributed by atoms with E-state index >= 15 is 0 Å². The summed E-state index contributed by atoms with van der Waals surface area (Å²) in [6.07, 6.45) is 5.90. The Morgan fingerprint density at radius 3 is 2.75 bits per heavy atom. The molecule has 2 heterocycles. The minimum absolute atomic E-state index is 0.0137. The van der Waals surface area contributed by atoms with Crippen LogP contribution in [0.15, 0.2) is 30.6 Å². The average Bonchev–Trinajstić information content (AvgIpc) is 3.01. The molecule has 24 heavy (non-hydrogen) atoms. The Hall–Kier alpha value is -2.01. The Kier molecular flexibility index (Phi) is 5.09. The normalized spacial score (nSPS) is 15.5. The molecule has 0 radical (unpaired) electrons. The lowest BCUT2D eigenvalue weighted by molar-refractivity contribution is 0.0709. The zero-order chi connectivity index (χ0) is 17.1. The Morgan fingerprint density at radius 2 is 2.12 bits per heavy atom. The van der Waals surface area contributed by atoms with Crippen molar-refractivity contribution in [3.63, 3.8) is 0 Å². The highest BCUT2D eigenvalue weighted by Gasteiger charge is 2.26. The van der Waals surface area contributed by atoms with Crippen molar-refractivity contribution in [1.82, 2.24) is 14.7 Å². The predicted octanol–water partition coefficient (Wildman–Crippen LogP) is 3.49. The summed E-state index contributed by atoms with van der Waals surface area (Å²) in [4.78, 5) is 14.7. The van der Waals surface area contributed by atoms with Gasteiger partial charge in [-0.1, -0.05) is 11.6 Å². The number of hydrogen-bond donors (Lipinski definition) is 0. The molecule has 128 valence electrons. The number of nitrogens with zero attached hydrogens (tertiary/aromatic N) is 3. The fraction of sp³-hybridized carbons (Fsp3) is 0.444. The number of ether oxygens (including phenoxy) is 1. The van der Waals surface area contributed by atoms with Crippen LogP contribution in [0.3, 0.4) is 0 Å². The van der Waals surface area contributed by atoms with E-state index in [0.717, 1.165) is 25.9 Å². The molecule has 0 aliphatic carbocycles. The van der Waals surface area contributed by atoms with Crippen LogP contribution in [-0.4, -0.2) is 40.3 Å². The van der Waals surface area contributed by atoms with Gasteiger partial charge in [0.15, 0.2) is 0 Å². The molecule has 3 rings (SSSR count). The van der Waals surface area contributed by atoms with Crippen LogP contribution in [0.4, 0.5) is 0 Å². The van der Waals surface area contributed by atoms with Crippen molar-refractivity contribution in [3.8, 4) is 5.75 Å². The maximum atomic E-state index is 12.8. The van der Waals surface area contributed by atoms with E-state index in [-0.39, 0.29) is 5.91 Å². The summed E-state index contributed by atoms with van der Waals surface area (Å²) in [6.45, 7) is 3.89. The number of aromatic nitrogens is 2. The van der Waals surface area contributed by atoms with Gasteiger partial charge < -0.3 is 9.64 Å². The molecule has 1 saturated heterocycles. The topological polar surface area (TPSA) is 47.4 Å². The van der Waals surface area contributed by atoms with E-state index in [9.17, 15) is 4.79 Å². The van der Waals surface area contributed by atoms with Crippen LogP contribution >= 0.6 is 11.6 Å². The zero-order valence-electron chi connectivity index (χ0n) is 14.0. The first kappa shape index (κ1) is 16.8. The van der Waals surface area contributed by atoms with Crippen molar-refractivity contribution in [3.05, 3.63) is 46.7 Å². The van der Waals surface area contributed by atoms with E-state index in [2.05, 4.69) is 11.3 Å². The van der Waals surface area contributed by atoms with Crippen molar-refractivity contribution >= 4 is 17.5 Å². The Labute approximate surface area is 147 Å². The summed E-state index contributed by atoms with van der Waals surface area (Å²) < 4.78 is 7.41. The van der Waals surface area contributed by atoms with Gasteiger partial charge in [-0.3, -0.25) is 9.48 Å². The van der Waals surface area contributed by atoms with Crippen molar-refractivity contribution in [2.45, 2.75) is 25.7 Å². The van der Waals surface area contributed by atoms with Crippen molar-refractivity contribution in [2.75, 3.05) is 19.7 Å². The number of aryl methyl sites for hydroxylation is 1. The van der Waals surface area contributed by atoms with Crippen LogP contribution in [0.5, 0.6) is 5.75 Å². The summed E-state index contributed by atoms with van der Waals surface area (Å²) in [6, 6.07) is 5.20. The van der Waals surface area contributed by atoms with Gasteiger partial charge in [-0.2, -0.15) is 5.10 Å². The van der Waals surface area contributed by atoms with Gasteiger partial charge in [0, 0.05) is 31.4 Å². The molecule has 2 aromatic rings. The minimum atomic E-state index is 0.0137. The minimum Gasteiger partial charge on any atom is -0.493 e. The van der Waals surface area contributed by atoms with E-state index in [1.54, 1.807) is 18.2 Å². The first-order chi connectivity index (χ1) is 11.6. The number of amides is 1. The lowest BCUT2D eigenvalue weighted by Crippen LogP contribution is -2.38. The fourth-order valence-electron chi connectivity index (χ4n) is 3.18. The molecule has 6 heteroatoms. The molecular weight excluding hydrogens is 326 g/mol. The lowest BCUT2D eigenvalue weighted by atomic mass is 9.91. The van der Waals surface area contributed by atoms with E-state index in [4.69, 9.17) is 16.3 Å². The molecule has 0 unspecified atom stereocenters. The second kappa shape index (κ2) is 7.26. The molecule has 1 aromatic heterocycles. The van der Waals surface area contributed by atoms with Crippen LogP contribution in [0.2, 0.25) is 5.02 Å². The zero-order valence-corrected chi connectivity index (χ0v) is 14.8. The van der Waals surface area contributed by atoms with Crippen LogP contribution in [0, 0.1) is 0 Å². The molecular formula is C18H22ClN3O2. The molecule has 1 aromatic carbocycles. The summed E-state index contributed by atoms with van der Waals surface area (Å²) in [5.41, 5.74) is 1.84. The van der Waals surface area contributed by atoms with E-state index in [1.165, 1.54) is 5.56 Å². The monoisotopic (exact) mass is 347 g/mol. The number of rotatable bonds is 4. The van der Waals surface area contributed by atoms with Gasteiger partial charge >= 0.3 is 0 Å². The maximum absolute atomic E-state index is 12.8. The summed E-state index contributed by atoms with van der Waals surface area (Å²) in [5.74, 6) is 1.04. The van der Waals surface area contributed by atoms with E-state index < -0.39 is 0 Å². The molecule has 0 N–H and O–H groups in total. The second-order valence-electron chi connectivity index (χ2n) is 6.09. The molecule has 1 aliphatic heterocycles. The summed E-state index contributed by atoms with van der Waals surface area (Å²) in [7, 11) is 1.93. The predicted molar refractivity (Wildman–Crippen MR) is 93.7 cm³/mol. The number of benzene rings is 1. The standard InChI is InChI=1S/C18H22ClN3O2/c1-3-24-17-10-15(19)4-5-16(17)18(23)22-8-6-13(7-9-22)14-11-20-21(2)12-14/h4-5,10-13H,3,6-9H2,1-2H3. The fourth-order valence-corrected chi connectivity index (χ4v) is 3.35. The van der Waals surface area contributed by atoms with Crippen LogP contribution in [0.1, 0.15) is 41.6 Å². The van der Waals surface area contributed by atoms with Gasteiger partial charge in [0.1, 0.15) is 5.75 Å². The maximum Gasteiger partial charge on any atom is 0.257 e. The van der Waals surface area contributed by atoms with Gasteiger partial charge in [0.25, 0.3) is 5.91 Å². The molecule has 0 bridgehead atoms. The summed E-state index contributed by atoms with van der Waals surface area (Å²) in [5, 5.41) is 4.82. The SMILES string of the molecule is CCOc1cc(Cl)ccc1C(=O)N1CCC(c2cnn(C)c2)CC1. The second-order valence-corrected chi connectivity index (χ2v) is 6.52. The molecule has 0 spiro atoms. The molecule has 1 aliphatic rings. The number of piperidine rings is 1. The quantitative estimate of drug-likeness (QED) is 0.850. The lowest BCUT2D eigenvalue weighted by Gasteiger charge is -2.32. The molecule has 5 nitrogen and oxygen atoms in total. The molecule has 0 atom stereocenters. The molecule has 1 fully saturated rings. The highest BCUT2D eigenvalue weighted by atomic mass is 35.5. The first-order valence-electron chi connectivity index (χ1n) is 8.28. The van der Waals surface area contributed by atoms with Crippen molar-refractivity contribution in [2.24, 2.45) is 7.05 Å². The average molecular weight is 348 g/mol. The van der Waals surface area contributed by atoms with Gasteiger partial charge in [0.05, 0.1) is 18.4 Å². The Balaban J connectivity index is 1.69. The van der Waals surface area contributed by atoms with Crippen LogP contribution < -0.4 is 4.74 Å². The van der Waals surface area contributed by atoms with Crippen molar-refractivity contribution in [1.29, 1.82) is 0 Å². The van der Waals surface area contributed by atoms with Gasteiger partial charge in [-0.15, -0.1) is 0 Å². The molecule has 0 saturated carbocycles. The third-order valence-electron chi connectivity index (χ3n) is 4.45. The first-order valence-corrected chi connectivity index (χ1v) is 8.66. The third-order valence-corrected chi connectivity index (χ3v) is 4.69. The third kappa shape index (κ3) is 3.56. The summed E-state index contributed by atoms with van der Waals surface area (Å²) >= 11 is 6.02. The van der Waals surface area contributed by atoms with Crippen LogP contribution in [-0.2, 0) is 7.05 Å².